The summed E-state index contributed by atoms with van der Waals surface area (Å²) in [6, 6.07) is 16.6. The molecule has 1 aliphatic heterocycles. The number of benzene rings is 3. The molecule has 78 heavy (non-hydrogen) atoms. The van der Waals surface area contributed by atoms with Crippen molar-refractivity contribution in [2.24, 2.45) is 21.6 Å². The van der Waals surface area contributed by atoms with Crippen molar-refractivity contribution in [3.63, 3.8) is 0 Å². The number of pyridine rings is 1. The Hall–Kier alpha value is -5.39. The summed E-state index contributed by atoms with van der Waals surface area (Å²) in [7, 11) is -6.78. The summed E-state index contributed by atoms with van der Waals surface area (Å²) in [6.07, 6.45) is 2.10. The molecule has 5 atom stereocenters. The molecule has 2 heterocycles. The molecule has 12 nitrogen and oxygen atoms in total. The molecule has 0 bridgehead atoms. The van der Waals surface area contributed by atoms with Gasteiger partial charge in [0.25, 0.3) is 0 Å². The number of aliphatic imine (C=N–C) groups is 1. The number of hydrogen-bond acceptors (Lipinski definition) is 10. The average molecular weight is 1150 g/mol. The lowest BCUT2D eigenvalue weighted by Crippen LogP contribution is -2.55. The first-order valence-electron chi connectivity index (χ1n) is 24.7. The van der Waals surface area contributed by atoms with Crippen LogP contribution in [0.25, 0.3) is 0 Å². The first kappa shape index (κ1) is 66.9. The number of carbonyl (C=O) groups is 1. The molecule has 22 heteroatoms. The summed E-state index contributed by atoms with van der Waals surface area (Å²) in [5.74, 6) is -8.26. The maximum atomic E-state index is 14.7. The van der Waals surface area contributed by atoms with Crippen LogP contribution in [-0.2, 0) is 54.8 Å². The number of amidine groups is 1. The largest absolute Gasteiger partial charge is 0.386 e. The van der Waals surface area contributed by atoms with E-state index in [2.05, 4.69) is 31.6 Å². The Labute approximate surface area is 460 Å². The van der Waals surface area contributed by atoms with Crippen LogP contribution in [0.4, 0.5) is 30.7 Å². The van der Waals surface area contributed by atoms with Gasteiger partial charge in [0.2, 0.25) is 0 Å². The second-order valence-corrected chi connectivity index (χ2v) is 30.2. The van der Waals surface area contributed by atoms with Crippen molar-refractivity contribution in [1.82, 2.24) is 14.4 Å². The number of nitrogens with two attached hydrogens (primary N) is 1. The van der Waals surface area contributed by atoms with E-state index in [0.717, 1.165) is 30.5 Å². The molecule has 0 saturated heterocycles. The van der Waals surface area contributed by atoms with E-state index in [1.54, 1.807) is 83.1 Å². The Kier molecular flexibility index (Phi) is 21.4. The molecular weight excluding hydrogens is 1080 g/mol. The molecule has 4 aromatic rings. The monoisotopic (exact) mass is 1150 g/mol. The molecule has 4 N–H and O–H groups in total. The number of ketones is 1. The van der Waals surface area contributed by atoms with Crippen molar-refractivity contribution in [2.45, 2.75) is 167 Å². The van der Waals surface area contributed by atoms with Crippen LogP contribution in [0.3, 0.4) is 0 Å². The van der Waals surface area contributed by atoms with Gasteiger partial charge in [-0.2, -0.15) is 10.5 Å². The predicted octanol–water partition coefficient (Wildman–Crippen LogP) is 11.8. The molecular formula is C56H72F7N7O5S3. The van der Waals surface area contributed by atoms with Crippen molar-refractivity contribution in [1.29, 1.82) is 10.5 Å². The first-order chi connectivity index (χ1) is 35.4. The van der Waals surface area contributed by atoms with Crippen LogP contribution in [0.15, 0.2) is 71.9 Å². The zero-order chi connectivity index (χ0) is 60.0. The van der Waals surface area contributed by atoms with E-state index in [-0.39, 0.29) is 40.2 Å². The SMILES string of the molecule is CC(C)(C#N)CC[C@@](C)(N[S@](=O)C(C)(C)C)c1cccc(F)c1F.CC(C)(C#N)CC[C@](C)(N[S@](=O)C(C)(C)C)c1cccc(F)c1F.CC1(C)C(N)=N[C@](C)(c2cc(CC(=O)c3ccc(F)cn3)cc(F)c2F)CS1(=O)=O. The second-order valence-electron chi connectivity index (χ2n) is 23.8. The summed E-state index contributed by atoms with van der Waals surface area (Å²) >= 11 is 0. The van der Waals surface area contributed by atoms with Gasteiger partial charge in [0.15, 0.2) is 50.5 Å². The lowest BCUT2D eigenvalue weighted by atomic mass is 9.80. The number of rotatable bonds is 16. The van der Waals surface area contributed by atoms with Crippen LogP contribution in [0.5, 0.6) is 0 Å². The third-order valence-corrected chi connectivity index (χ3v) is 19.4. The molecule has 5 rings (SSSR count). The van der Waals surface area contributed by atoms with E-state index in [1.807, 2.05) is 0 Å². The Bertz CT molecular complexity index is 3010. The maximum absolute atomic E-state index is 14.7. The van der Waals surface area contributed by atoms with Gasteiger partial charge in [-0.3, -0.25) is 14.8 Å². The maximum Gasteiger partial charge on any atom is 0.185 e. The van der Waals surface area contributed by atoms with Crippen molar-refractivity contribution in [3.8, 4) is 12.1 Å². The molecule has 0 amide bonds. The summed E-state index contributed by atoms with van der Waals surface area (Å²) in [4.78, 5) is 20.3. The number of aromatic nitrogens is 1. The Morgan fingerprint density at radius 1 is 0.667 bits per heavy atom. The minimum atomic E-state index is -3.84. The zero-order valence-electron chi connectivity index (χ0n) is 46.9. The van der Waals surface area contributed by atoms with Gasteiger partial charge < -0.3 is 5.73 Å². The number of nitrogens with one attached hydrogen (secondary N) is 2. The first-order valence-corrected chi connectivity index (χ1v) is 28.7. The molecule has 3 aromatic carbocycles. The Morgan fingerprint density at radius 2 is 1.10 bits per heavy atom. The van der Waals surface area contributed by atoms with Crippen LogP contribution in [-0.4, -0.2) is 53.4 Å². The van der Waals surface area contributed by atoms with Crippen molar-refractivity contribution in [2.75, 3.05) is 5.75 Å². The number of carbonyl (C=O) groups excluding carboxylic acids is 1. The zero-order valence-corrected chi connectivity index (χ0v) is 49.3. The fourth-order valence-electron chi connectivity index (χ4n) is 7.53. The van der Waals surface area contributed by atoms with Gasteiger partial charge >= 0.3 is 0 Å². The fourth-order valence-corrected chi connectivity index (χ4v) is 11.1. The van der Waals surface area contributed by atoms with Crippen LogP contribution >= 0.6 is 0 Å². The summed E-state index contributed by atoms with van der Waals surface area (Å²) in [6.45, 7) is 25.5. The third-order valence-electron chi connectivity index (χ3n) is 13.2. The lowest BCUT2D eigenvalue weighted by molar-refractivity contribution is 0.0988. The summed E-state index contributed by atoms with van der Waals surface area (Å²) in [5.41, 5.74) is 0.813. The van der Waals surface area contributed by atoms with Gasteiger partial charge in [0, 0.05) is 23.1 Å². The van der Waals surface area contributed by atoms with Crippen molar-refractivity contribution < 1.29 is 52.4 Å². The minimum absolute atomic E-state index is 0.0434. The van der Waals surface area contributed by atoms with Crippen molar-refractivity contribution >= 4 is 43.4 Å². The fraction of sp³-hybridized carbons (Fsp3) is 0.518. The number of hydrogen-bond donors (Lipinski definition) is 3. The molecule has 1 aliphatic rings. The minimum Gasteiger partial charge on any atom is -0.386 e. The van der Waals surface area contributed by atoms with Gasteiger partial charge in [-0.1, -0.05) is 24.3 Å². The molecule has 0 saturated carbocycles. The van der Waals surface area contributed by atoms with Crippen LogP contribution in [0.2, 0.25) is 0 Å². The van der Waals surface area contributed by atoms with Gasteiger partial charge in [0.1, 0.15) is 27.6 Å². The van der Waals surface area contributed by atoms with E-state index in [9.17, 15) is 62.9 Å². The topological polar surface area (TPSA) is 208 Å². The second kappa shape index (κ2) is 25.0. The number of sulfone groups is 1. The van der Waals surface area contributed by atoms with E-state index in [4.69, 9.17) is 5.73 Å². The molecule has 0 unspecified atom stereocenters. The molecule has 1 aromatic heterocycles. The lowest BCUT2D eigenvalue weighted by Gasteiger charge is -2.38. The number of Topliss-reactive ketones (excluding diaryl/α,β-unsaturated/α-hetero) is 1. The van der Waals surface area contributed by atoms with E-state index >= 15 is 0 Å². The molecule has 428 valence electrons. The average Bonchev–Trinajstić information content (AvgIpc) is 3.32. The van der Waals surface area contributed by atoms with Crippen LogP contribution in [0, 0.1) is 74.2 Å². The molecule has 0 aliphatic carbocycles. The van der Waals surface area contributed by atoms with Gasteiger partial charge in [-0.15, -0.1) is 0 Å². The molecule has 0 radical (unpaired) electrons. The Balaban J connectivity index is 0.000000311. The highest BCUT2D eigenvalue weighted by atomic mass is 32.2. The van der Waals surface area contributed by atoms with Gasteiger partial charge in [-0.25, -0.2) is 57.0 Å². The van der Waals surface area contributed by atoms with E-state index < -0.39 is 126 Å². The van der Waals surface area contributed by atoms with E-state index in [0.29, 0.717) is 25.7 Å². The van der Waals surface area contributed by atoms with Crippen LogP contribution < -0.4 is 15.2 Å². The van der Waals surface area contributed by atoms with Gasteiger partial charge in [-0.05, 0) is 172 Å². The molecule has 0 fully saturated rings. The summed E-state index contributed by atoms with van der Waals surface area (Å²) < 4.78 is 152. The highest BCUT2D eigenvalue weighted by molar-refractivity contribution is 7.93. The highest BCUT2D eigenvalue weighted by Crippen LogP contribution is 2.40. The standard InChI is InChI=1S/C20H20F3N3O3S.2C18H26F2N2OS/c1-19(2)18(24)26-20(3,10-30(19,28)29)13-6-11(7-14(22)17(13)23)8-16(27)15-5-4-12(21)9-25-15;2*1-16(2,3)24(23)22-18(6,11-10-17(4,5)12-21)13-8-7-9-14(19)15(13)20/h4-7,9H,8,10H2,1-3H3,(H2,24,26);2*7-9,22H,10-11H2,1-6H3/t20-;18-,24+;18-,24-/m001/s1. The van der Waals surface area contributed by atoms with E-state index in [1.165, 1.54) is 57.2 Å². The Morgan fingerprint density at radius 3 is 1.47 bits per heavy atom. The number of nitriles is 2. The van der Waals surface area contributed by atoms with Crippen LogP contribution in [0.1, 0.15) is 162 Å². The third kappa shape index (κ3) is 16.8. The smallest absolute Gasteiger partial charge is 0.185 e. The summed E-state index contributed by atoms with van der Waals surface area (Å²) in [5, 5.41) is 18.4. The predicted molar refractivity (Wildman–Crippen MR) is 292 cm³/mol. The highest BCUT2D eigenvalue weighted by Gasteiger charge is 2.50. The number of nitrogens with zero attached hydrogens (tertiary/aromatic N) is 4. The number of halogens is 7. The quantitative estimate of drug-likeness (QED) is 0.0719. The normalized spacial score (nSPS) is 18.6. The van der Waals surface area contributed by atoms with Gasteiger partial charge in [0.05, 0.1) is 77.5 Å². The van der Waals surface area contributed by atoms with Crippen molar-refractivity contribution in [3.05, 3.63) is 136 Å². The molecule has 0 spiro atoms.